The second-order valence-electron chi connectivity index (χ2n) is 4.39. The number of carbonyl (C=O) groups excluding carboxylic acids is 1. The molecule has 0 fully saturated rings. The Balaban J connectivity index is 1.57. The number of hydrazine groups is 1. The molecule has 2 aromatic carbocycles. The molecule has 0 bridgehead atoms. The van der Waals surface area contributed by atoms with Gasteiger partial charge >= 0.3 is 0 Å². The summed E-state index contributed by atoms with van der Waals surface area (Å²) in [7, 11) is 0. The molecule has 0 spiro atoms. The molecule has 7 heteroatoms. The van der Waals surface area contributed by atoms with Gasteiger partial charge in [-0.05, 0) is 36.5 Å². The van der Waals surface area contributed by atoms with Crippen LogP contribution < -0.4 is 16.2 Å². The Morgan fingerprint density at radius 1 is 1.05 bits per heavy atom. The maximum absolute atomic E-state index is 11.9. The number of amides is 1. The molecule has 1 amide bonds. The summed E-state index contributed by atoms with van der Waals surface area (Å²) in [6.45, 7) is 0. The number of hydrogen-bond donors (Lipinski definition) is 3. The number of para-hydroxylation sites is 1. The molecular weight excluding hydrogens is 316 g/mol. The summed E-state index contributed by atoms with van der Waals surface area (Å²) in [5.74, 6) is -0.260. The van der Waals surface area contributed by atoms with Crippen LogP contribution in [0.4, 0.5) is 5.13 Å². The van der Waals surface area contributed by atoms with Gasteiger partial charge in [-0.15, -0.1) is 0 Å². The van der Waals surface area contributed by atoms with Crippen LogP contribution in [0.2, 0.25) is 0 Å². The number of carbonyl (C=O) groups is 1. The van der Waals surface area contributed by atoms with Crippen LogP contribution in [-0.2, 0) is 0 Å². The fraction of sp³-hybridized carbons (Fsp3) is 0. The van der Waals surface area contributed by atoms with Gasteiger partial charge in [0.2, 0.25) is 5.13 Å². The monoisotopic (exact) mass is 328 g/mol. The summed E-state index contributed by atoms with van der Waals surface area (Å²) in [6, 6.07) is 16.7. The van der Waals surface area contributed by atoms with Gasteiger partial charge < -0.3 is 0 Å². The summed E-state index contributed by atoms with van der Waals surface area (Å²) in [5.41, 5.74) is 7.11. The fourth-order valence-corrected chi connectivity index (χ4v) is 2.79. The maximum Gasteiger partial charge on any atom is 0.257 e. The molecule has 1 aromatic heterocycles. The van der Waals surface area contributed by atoms with Crippen molar-refractivity contribution in [2.24, 2.45) is 0 Å². The van der Waals surface area contributed by atoms with Crippen LogP contribution in [0, 0.1) is 0 Å². The first kappa shape index (κ1) is 14.4. The SMILES string of the molecule is O=C(NC(=S)NNc1nc2ccccc2s1)c1ccccc1. The number of benzene rings is 2. The van der Waals surface area contributed by atoms with E-state index >= 15 is 0 Å². The average Bonchev–Trinajstić information content (AvgIpc) is 2.96. The first-order chi connectivity index (χ1) is 10.7. The molecule has 3 aromatic rings. The van der Waals surface area contributed by atoms with E-state index in [4.69, 9.17) is 12.2 Å². The molecule has 1 heterocycles. The molecule has 0 saturated heterocycles. The Hall–Kier alpha value is -2.51. The van der Waals surface area contributed by atoms with Crippen LogP contribution in [0.25, 0.3) is 10.2 Å². The van der Waals surface area contributed by atoms with Crippen LogP contribution in [0.3, 0.4) is 0 Å². The third-order valence-corrected chi connectivity index (χ3v) is 4.00. The molecule has 0 atom stereocenters. The molecule has 3 rings (SSSR count). The van der Waals surface area contributed by atoms with Crippen molar-refractivity contribution in [1.82, 2.24) is 15.7 Å². The number of thiazole rings is 1. The van der Waals surface area contributed by atoms with Crippen molar-refractivity contribution in [3.8, 4) is 0 Å². The number of nitrogens with one attached hydrogen (secondary N) is 3. The molecule has 22 heavy (non-hydrogen) atoms. The second kappa shape index (κ2) is 6.50. The number of anilines is 1. The number of fused-ring (bicyclic) bond motifs is 1. The lowest BCUT2D eigenvalue weighted by molar-refractivity contribution is 0.0977. The lowest BCUT2D eigenvalue weighted by Crippen LogP contribution is -2.41. The van der Waals surface area contributed by atoms with E-state index in [0.717, 1.165) is 10.2 Å². The average molecular weight is 328 g/mol. The topological polar surface area (TPSA) is 66.1 Å². The minimum Gasteiger partial charge on any atom is -0.298 e. The van der Waals surface area contributed by atoms with Gasteiger partial charge in [0, 0.05) is 5.56 Å². The van der Waals surface area contributed by atoms with Gasteiger partial charge in [-0.3, -0.25) is 21.0 Å². The Morgan fingerprint density at radius 2 is 1.77 bits per heavy atom. The van der Waals surface area contributed by atoms with Gasteiger partial charge in [-0.1, -0.05) is 41.7 Å². The molecule has 0 aliphatic heterocycles. The van der Waals surface area contributed by atoms with E-state index in [0.29, 0.717) is 10.7 Å². The molecule has 5 nitrogen and oxygen atoms in total. The standard InChI is InChI=1S/C15H12N4OS2/c20-13(10-6-2-1-3-7-10)17-14(21)18-19-15-16-11-8-4-5-9-12(11)22-15/h1-9H,(H,16,19)(H2,17,18,20,21). The Bertz CT molecular complexity index is 784. The molecular formula is C15H12N4OS2. The van der Waals surface area contributed by atoms with Gasteiger partial charge in [-0.25, -0.2) is 4.98 Å². The van der Waals surface area contributed by atoms with Gasteiger partial charge in [0.05, 0.1) is 10.2 Å². The highest BCUT2D eigenvalue weighted by atomic mass is 32.1. The van der Waals surface area contributed by atoms with E-state index in [1.165, 1.54) is 11.3 Å². The predicted octanol–water partition coefficient (Wildman–Crippen LogP) is 2.93. The van der Waals surface area contributed by atoms with Gasteiger partial charge in [0.1, 0.15) is 0 Å². The zero-order chi connectivity index (χ0) is 15.4. The largest absolute Gasteiger partial charge is 0.298 e. The number of aromatic nitrogens is 1. The van der Waals surface area contributed by atoms with Gasteiger partial charge in [-0.2, -0.15) is 0 Å². The lowest BCUT2D eigenvalue weighted by atomic mass is 10.2. The minimum atomic E-state index is -0.260. The minimum absolute atomic E-state index is 0.188. The van der Waals surface area contributed by atoms with Crippen LogP contribution in [0.1, 0.15) is 10.4 Å². The summed E-state index contributed by atoms with van der Waals surface area (Å²) in [5, 5.41) is 3.46. The predicted molar refractivity (Wildman–Crippen MR) is 92.9 cm³/mol. The molecule has 3 N–H and O–H groups in total. The quantitative estimate of drug-likeness (QED) is 0.509. The zero-order valence-electron chi connectivity index (χ0n) is 11.4. The van der Waals surface area contributed by atoms with Crippen LogP contribution in [0.15, 0.2) is 54.6 Å². The van der Waals surface area contributed by atoms with Crippen molar-refractivity contribution in [1.29, 1.82) is 0 Å². The smallest absolute Gasteiger partial charge is 0.257 e. The van der Waals surface area contributed by atoms with Crippen LogP contribution in [0.5, 0.6) is 0 Å². The number of hydrogen-bond acceptors (Lipinski definition) is 5. The van der Waals surface area contributed by atoms with E-state index < -0.39 is 0 Å². The van der Waals surface area contributed by atoms with Crippen LogP contribution in [-0.4, -0.2) is 16.0 Å². The van der Waals surface area contributed by atoms with E-state index in [1.807, 2.05) is 30.3 Å². The number of nitrogens with zero attached hydrogens (tertiary/aromatic N) is 1. The van der Waals surface area contributed by atoms with Crippen molar-refractivity contribution in [3.05, 3.63) is 60.2 Å². The van der Waals surface area contributed by atoms with E-state index in [1.54, 1.807) is 24.3 Å². The van der Waals surface area contributed by atoms with E-state index in [-0.39, 0.29) is 11.0 Å². The van der Waals surface area contributed by atoms with E-state index in [9.17, 15) is 4.79 Å². The fourth-order valence-electron chi connectivity index (χ4n) is 1.83. The van der Waals surface area contributed by atoms with Crippen molar-refractivity contribution in [3.63, 3.8) is 0 Å². The molecule has 110 valence electrons. The third-order valence-electron chi connectivity index (χ3n) is 2.84. The van der Waals surface area contributed by atoms with Crippen LogP contribution >= 0.6 is 23.6 Å². The highest BCUT2D eigenvalue weighted by Crippen LogP contribution is 2.24. The van der Waals surface area contributed by atoms with Crippen molar-refractivity contribution < 1.29 is 4.79 Å². The second-order valence-corrected chi connectivity index (χ2v) is 5.82. The number of thiocarbonyl (C=S) groups is 1. The molecule has 0 aliphatic rings. The van der Waals surface area contributed by atoms with E-state index in [2.05, 4.69) is 21.2 Å². The molecule has 0 radical (unpaired) electrons. The van der Waals surface area contributed by atoms with Gasteiger partial charge in [0.15, 0.2) is 5.11 Å². The highest BCUT2D eigenvalue weighted by molar-refractivity contribution is 7.80. The summed E-state index contributed by atoms with van der Waals surface area (Å²) >= 11 is 6.58. The van der Waals surface area contributed by atoms with Gasteiger partial charge in [0.25, 0.3) is 5.91 Å². The first-order valence-corrected chi connectivity index (χ1v) is 7.73. The lowest BCUT2D eigenvalue weighted by Gasteiger charge is -2.09. The Kier molecular flexibility index (Phi) is 4.27. The van der Waals surface area contributed by atoms with Crippen molar-refractivity contribution in [2.45, 2.75) is 0 Å². The zero-order valence-corrected chi connectivity index (χ0v) is 13.0. The molecule has 0 saturated carbocycles. The molecule has 0 aliphatic carbocycles. The third kappa shape index (κ3) is 3.38. The normalized spacial score (nSPS) is 10.2. The summed E-state index contributed by atoms with van der Waals surface area (Å²) in [4.78, 5) is 16.3. The number of rotatable bonds is 3. The summed E-state index contributed by atoms with van der Waals surface area (Å²) in [6.07, 6.45) is 0. The Morgan fingerprint density at radius 3 is 2.55 bits per heavy atom. The maximum atomic E-state index is 11.9. The summed E-state index contributed by atoms with van der Waals surface area (Å²) < 4.78 is 1.08. The highest BCUT2D eigenvalue weighted by Gasteiger charge is 2.07. The molecule has 0 unspecified atom stereocenters. The first-order valence-electron chi connectivity index (χ1n) is 6.50. The van der Waals surface area contributed by atoms with Crippen molar-refractivity contribution >= 4 is 49.9 Å². The van der Waals surface area contributed by atoms with Crippen molar-refractivity contribution in [2.75, 3.05) is 5.43 Å². The Labute approximate surface area is 136 Å².